The Kier molecular flexibility index (Phi) is 10.5. The van der Waals surface area contributed by atoms with Crippen molar-refractivity contribution in [2.75, 3.05) is 31.0 Å². The van der Waals surface area contributed by atoms with Gasteiger partial charge in [0, 0.05) is 10.7 Å². The second-order valence-corrected chi connectivity index (χ2v) is 8.76. The van der Waals surface area contributed by atoms with Gasteiger partial charge >= 0.3 is 11.8 Å². The molecule has 12 heteroatoms. The molecule has 39 heavy (non-hydrogen) atoms. The zero-order valence-corrected chi connectivity index (χ0v) is 22.9. The molecule has 0 fully saturated rings. The van der Waals surface area contributed by atoms with E-state index in [-0.39, 0.29) is 23.1 Å². The van der Waals surface area contributed by atoms with Gasteiger partial charge in [-0.15, -0.1) is 0 Å². The van der Waals surface area contributed by atoms with Gasteiger partial charge in [0.15, 0.2) is 18.1 Å². The molecular formula is C27H26Cl2N4O6. The van der Waals surface area contributed by atoms with Gasteiger partial charge in [-0.05, 0) is 61.4 Å². The standard InChI is InChI=1S/C27H26Cl2N4O6/c1-4-38-22-8-6-5-7-20(22)32-26(35)27(36)33-30-14-17-11-19(29)25(23(12-17)37-3)39-15-24(34)31-21-13-18(28)10-9-16(21)2/h5-14H,4,15H2,1-3H3,(H,31,34)(H,32,35)(H,33,36)/b30-14-. The fourth-order valence-electron chi connectivity index (χ4n) is 3.25. The number of rotatable bonds is 10. The number of nitrogens with one attached hydrogen (secondary N) is 3. The average Bonchev–Trinajstić information content (AvgIpc) is 2.91. The number of hydrogen-bond donors (Lipinski definition) is 3. The van der Waals surface area contributed by atoms with Crippen molar-refractivity contribution in [1.29, 1.82) is 0 Å². The minimum Gasteiger partial charge on any atom is -0.493 e. The highest BCUT2D eigenvalue weighted by Gasteiger charge is 2.16. The van der Waals surface area contributed by atoms with E-state index in [0.29, 0.717) is 34.3 Å². The van der Waals surface area contributed by atoms with Crippen LogP contribution in [0.15, 0.2) is 59.7 Å². The Labute approximate surface area is 235 Å². The van der Waals surface area contributed by atoms with E-state index in [1.165, 1.54) is 25.5 Å². The molecule has 3 aromatic rings. The highest BCUT2D eigenvalue weighted by molar-refractivity contribution is 6.39. The Balaban J connectivity index is 1.60. The second kappa shape index (κ2) is 14.0. The van der Waals surface area contributed by atoms with Crippen molar-refractivity contribution in [3.8, 4) is 17.2 Å². The van der Waals surface area contributed by atoms with E-state index in [1.807, 2.05) is 6.92 Å². The van der Waals surface area contributed by atoms with Gasteiger partial charge in [0.2, 0.25) is 0 Å². The number of ether oxygens (including phenoxy) is 3. The number of carbonyl (C=O) groups is 3. The van der Waals surface area contributed by atoms with Gasteiger partial charge in [-0.2, -0.15) is 5.10 Å². The van der Waals surface area contributed by atoms with Crippen molar-refractivity contribution in [2.45, 2.75) is 13.8 Å². The van der Waals surface area contributed by atoms with Gasteiger partial charge in [0.25, 0.3) is 5.91 Å². The summed E-state index contributed by atoms with van der Waals surface area (Å²) in [6.07, 6.45) is 1.27. The van der Waals surface area contributed by atoms with Gasteiger partial charge in [-0.1, -0.05) is 41.4 Å². The van der Waals surface area contributed by atoms with E-state index >= 15 is 0 Å². The SMILES string of the molecule is CCOc1ccccc1NC(=O)C(=O)N/N=C\c1cc(Cl)c(OCC(=O)Nc2cc(Cl)ccc2C)c(OC)c1. The normalized spacial score (nSPS) is 10.6. The summed E-state index contributed by atoms with van der Waals surface area (Å²) in [5.74, 6) is -1.53. The topological polar surface area (TPSA) is 127 Å². The van der Waals surface area contributed by atoms with Crippen LogP contribution in [0.5, 0.6) is 17.2 Å². The number of amides is 3. The predicted molar refractivity (Wildman–Crippen MR) is 150 cm³/mol. The Morgan fingerprint density at radius 3 is 2.44 bits per heavy atom. The number of hydrogen-bond acceptors (Lipinski definition) is 7. The lowest BCUT2D eigenvalue weighted by Crippen LogP contribution is -2.32. The van der Waals surface area contributed by atoms with E-state index in [1.54, 1.807) is 49.4 Å². The molecule has 0 heterocycles. The zero-order chi connectivity index (χ0) is 28.4. The first-order valence-electron chi connectivity index (χ1n) is 11.6. The smallest absolute Gasteiger partial charge is 0.329 e. The van der Waals surface area contributed by atoms with Crippen LogP contribution < -0.4 is 30.3 Å². The lowest BCUT2D eigenvalue weighted by molar-refractivity contribution is -0.136. The Morgan fingerprint density at radius 2 is 1.69 bits per heavy atom. The lowest BCUT2D eigenvalue weighted by atomic mass is 10.2. The van der Waals surface area contributed by atoms with Crippen LogP contribution in [-0.4, -0.2) is 44.3 Å². The van der Waals surface area contributed by atoms with Crippen LogP contribution in [0, 0.1) is 6.92 Å². The maximum Gasteiger partial charge on any atom is 0.329 e. The van der Waals surface area contributed by atoms with Crippen molar-refractivity contribution in [3.05, 3.63) is 75.8 Å². The molecule has 0 radical (unpaired) electrons. The van der Waals surface area contributed by atoms with Gasteiger partial charge in [-0.3, -0.25) is 14.4 Å². The summed E-state index contributed by atoms with van der Waals surface area (Å²) >= 11 is 12.3. The van der Waals surface area contributed by atoms with E-state index in [2.05, 4.69) is 21.2 Å². The molecule has 0 saturated carbocycles. The van der Waals surface area contributed by atoms with Crippen LogP contribution in [0.1, 0.15) is 18.1 Å². The summed E-state index contributed by atoms with van der Waals surface area (Å²) in [4.78, 5) is 36.8. The lowest BCUT2D eigenvalue weighted by Gasteiger charge is -2.14. The average molecular weight is 573 g/mol. The maximum atomic E-state index is 12.4. The monoisotopic (exact) mass is 572 g/mol. The number of carbonyl (C=O) groups excluding carboxylic acids is 3. The summed E-state index contributed by atoms with van der Waals surface area (Å²) in [5.41, 5.74) is 4.34. The summed E-state index contributed by atoms with van der Waals surface area (Å²) in [6.45, 7) is 3.70. The highest BCUT2D eigenvalue weighted by Crippen LogP contribution is 2.36. The number of halogens is 2. The molecule has 3 aromatic carbocycles. The number of benzene rings is 3. The third kappa shape index (κ3) is 8.36. The molecule has 0 aliphatic heterocycles. The number of anilines is 2. The molecule has 3 amide bonds. The summed E-state index contributed by atoms with van der Waals surface area (Å²) in [5, 5.41) is 9.63. The summed E-state index contributed by atoms with van der Waals surface area (Å²) in [6, 6.07) is 14.9. The highest BCUT2D eigenvalue weighted by atomic mass is 35.5. The number of para-hydroxylation sites is 2. The summed E-state index contributed by atoms with van der Waals surface area (Å²) < 4.78 is 16.4. The van der Waals surface area contributed by atoms with Crippen molar-refractivity contribution < 1.29 is 28.6 Å². The first-order valence-corrected chi connectivity index (χ1v) is 12.4. The molecule has 0 aromatic heterocycles. The Bertz CT molecular complexity index is 1400. The molecule has 3 N–H and O–H groups in total. The molecule has 0 unspecified atom stereocenters. The number of nitrogens with zero attached hydrogens (tertiary/aromatic N) is 1. The van der Waals surface area contributed by atoms with Crippen molar-refractivity contribution in [2.24, 2.45) is 5.10 Å². The van der Waals surface area contributed by atoms with Gasteiger partial charge < -0.3 is 24.8 Å². The molecule has 0 atom stereocenters. The fourth-order valence-corrected chi connectivity index (χ4v) is 3.70. The van der Waals surface area contributed by atoms with Crippen LogP contribution >= 0.6 is 23.2 Å². The predicted octanol–water partition coefficient (Wildman–Crippen LogP) is 4.82. The molecule has 0 bridgehead atoms. The Hall–Kier alpha value is -4.28. The molecule has 0 aliphatic carbocycles. The van der Waals surface area contributed by atoms with Crippen molar-refractivity contribution in [1.82, 2.24) is 5.43 Å². The van der Waals surface area contributed by atoms with Crippen molar-refractivity contribution in [3.63, 3.8) is 0 Å². The van der Waals surface area contributed by atoms with Crippen LogP contribution in [0.3, 0.4) is 0 Å². The van der Waals surface area contributed by atoms with E-state index in [0.717, 1.165) is 5.56 Å². The van der Waals surface area contributed by atoms with E-state index in [4.69, 9.17) is 37.4 Å². The molecule has 0 saturated heterocycles. The first-order chi connectivity index (χ1) is 18.7. The third-order valence-electron chi connectivity index (χ3n) is 5.09. The molecule has 10 nitrogen and oxygen atoms in total. The number of hydrazone groups is 1. The van der Waals surface area contributed by atoms with Crippen LogP contribution in [0.2, 0.25) is 10.0 Å². The van der Waals surface area contributed by atoms with Crippen LogP contribution in [0.4, 0.5) is 11.4 Å². The second-order valence-electron chi connectivity index (χ2n) is 7.91. The molecular weight excluding hydrogens is 547 g/mol. The van der Waals surface area contributed by atoms with Gasteiger partial charge in [-0.25, -0.2) is 5.43 Å². The van der Waals surface area contributed by atoms with Crippen LogP contribution in [-0.2, 0) is 14.4 Å². The van der Waals surface area contributed by atoms with Gasteiger partial charge in [0.1, 0.15) is 5.75 Å². The summed E-state index contributed by atoms with van der Waals surface area (Å²) in [7, 11) is 1.40. The third-order valence-corrected chi connectivity index (χ3v) is 5.61. The molecule has 3 rings (SSSR count). The van der Waals surface area contributed by atoms with Crippen LogP contribution in [0.25, 0.3) is 0 Å². The minimum absolute atomic E-state index is 0.138. The Morgan fingerprint density at radius 1 is 0.923 bits per heavy atom. The van der Waals surface area contributed by atoms with Crippen molar-refractivity contribution >= 4 is 58.5 Å². The zero-order valence-electron chi connectivity index (χ0n) is 21.3. The first kappa shape index (κ1) is 29.3. The maximum absolute atomic E-state index is 12.4. The number of aryl methyl sites for hydroxylation is 1. The quantitative estimate of drug-likeness (QED) is 0.181. The number of methoxy groups -OCH3 is 1. The van der Waals surface area contributed by atoms with Gasteiger partial charge in [0.05, 0.1) is 30.6 Å². The molecule has 0 aliphatic rings. The molecule has 204 valence electrons. The largest absolute Gasteiger partial charge is 0.493 e. The van der Waals surface area contributed by atoms with E-state index in [9.17, 15) is 14.4 Å². The minimum atomic E-state index is -0.989. The van der Waals surface area contributed by atoms with E-state index < -0.39 is 17.7 Å². The molecule has 0 spiro atoms. The fraction of sp³-hybridized carbons (Fsp3) is 0.185.